The molecule has 3 rings (SSSR count). The average Bonchev–Trinajstić information content (AvgIpc) is 2.95. The second-order valence-corrected chi connectivity index (χ2v) is 6.56. The Bertz CT molecular complexity index is 686. The molecule has 1 aliphatic heterocycles. The molecule has 1 heterocycles. The van der Waals surface area contributed by atoms with E-state index in [1.807, 2.05) is 42.5 Å². The van der Waals surface area contributed by atoms with Gasteiger partial charge in [-0.3, -0.25) is 0 Å². The van der Waals surface area contributed by atoms with E-state index in [1.54, 1.807) is 14.2 Å². The van der Waals surface area contributed by atoms with Crippen molar-refractivity contribution in [3.8, 4) is 11.5 Å². The van der Waals surface area contributed by atoms with Crippen LogP contribution in [0, 0.1) is 11.8 Å². The van der Waals surface area contributed by atoms with E-state index in [-0.39, 0.29) is 12.4 Å². The Morgan fingerprint density at radius 1 is 0.920 bits per heavy atom. The smallest absolute Gasteiger partial charge is 0.161 e. The highest BCUT2D eigenvalue weighted by Gasteiger charge is 2.40. The molecule has 0 N–H and O–H groups in total. The molecule has 4 nitrogen and oxygen atoms in total. The number of ether oxygens (including phenoxy) is 4. The zero-order valence-electron chi connectivity index (χ0n) is 15.3. The first-order valence-corrected chi connectivity index (χ1v) is 8.67. The molecule has 2 aromatic rings. The summed E-state index contributed by atoms with van der Waals surface area (Å²) in [5.41, 5.74) is 2.21. The number of benzene rings is 2. The first-order chi connectivity index (χ1) is 12.1. The van der Waals surface area contributed by atoms with Crippen LogP contribution in [-0.4, -0.2) is 20.5 Å². The maximum atomic E-state index is 6.07. The molecule has 2 aromatic carbocycles. The zero-order valence-corrected chi connectivity index (χ0v) is 15.3. The molecule has 0 saturated carbocycles. The van der Waals surface area contributed by atoms with Crippen molar-refractivity contribution in [1.82, 2.24) is 0 Å². The van der Waals surface area contributed by atoms with Crippen LogP contribution >= 0.6 is 0 Å². The van der Waals surface area contributed by atoms with Gasteiger partial charge < -0.3 is 18.9 Å². The average molecular weight is 342 g/mol. The fraction of sp³-hybridized carbons (Fsp3) is 0.429. The van der Waals surface area contributed by atoms with Gasteiger partial charge in [-0.15, -0.1) is 0 Å². The summed E-state index contributed by atoms with van der Waals surface area (Å²) in [6, 6.07) is 16.1. The van der Waals surface area contributed by atoms with Gasteiger partial charge in [-0.25, -0.2) is 0 Å². The Morgan fingerprint density at radius 3 is 2.32 bits per heavy atom. The van der Waals surface area contributed by atoms with Crippen LogP contribution in [0.4, 0.5) is 0 Å². The van der Waals surface area contributed by atoms with Crippen LogP contribution < -0.4 is 9.47 Å². The maximum absolute atomic E-state index is 6.07. The van der Waals surface area contributed by atoms with E-state index in [9.17, 15) is 0 Å². The lowest BCUT2D eigenvalue weighted by Crippen LogP contribution is -2.17. The summed E-state index contributed by atoms with van der Waals surface area (Å²) in [6.45, 7) is 4.86. The fourth-order valence-electron chi connectivity index (χ4n) is 3.28. The quantitative estimate of drug-likeness (QED) is 0.769. The van der Waals surface area contributed by atoms with Gasteiger partial charge in [0.25, 0.3) is 0 Å². The van der Waals surface area contributed by atoms with Crippen LogP contribution in [-0.2, 0) is 16.1 Å². The zero-order chi connectivity index (χ0) is 17.8. The van der Waals surface area contributed by atoms with Gasteiger partial charge in [0.2, 0.25) is 0 Å². The Hall–Kier alpha value is -2.04. The van der Waals surface area contributed by atoms with Crippen molar-refractivity contribution in [2.75, 3.05) is 14.2 Å². The third-order valence-corrected chi connectivity index (χ3v) is 5.00. The normalized spacial score (nSPS) is 25.8. The van der Waals surface area contributed by atoms with Crippen molar-refractivity contribution in [1.29, 1.82) is 0 Å². The molecule has 1 aliphatic rings. The SMILES string of the molecule is COc1cc([C@@H]2O[C@@H](OC)[C@@H](C)[C@H]2C)ccc1OCc1ccccc1. The minimum atomic E-state index is -0.167. The number of methoxy groups -OCH3 is 2. The highest BCUT2D eigenvalue weighted by molar-refractivity contribution is 5.44. The molecule has 0 spiro atoms. The van der Waals surface area contributed by atoms with E-state index in [0.29, 0.717) is 18.4 Å². The van der Waals surface area contributed by atoms with Gasteiger partial charge in [-0.2, -0.15) is 0 Å². The van der Waals surface area contributed by atoms with Crippen molar-refractivity contribution in [2.45, 2.75) is 32.8 Å². The summed E-state index contributed by atoms with van der Waals surface area (Å²) in [6.07, 6.45) is -0.169. The van der Waals surface area contributed by atoms with Crippen LogP contribution in [0.15, 0.2) is 48.5 Å². The van der Waals surface area contributed by atoms with Crippen LogP contribution in [0.1, 0.15) is 31.1 Å². The predicted molar refractivity (Wildman–Crippen MR) is 96.7 cm³/mol. The lowest BCUT2D eigenvalue weighted by Gasteiger charge is -2.18. The van der Waals surface area contributed by atoms with Gasteiger partial charge in [0.1, 0.15) is 6.61 Å². The molecule has 0 aromatic heterocycles. The second kappa shape index (κ2) is 7.89. The van der Waals surface area contributed by atoms with Crippen LogP contribution in [0.5, 0.6) is 11.5 Å². The Labute approximate surface area is 149 Å². The molecule has 0 aliphatic carbocycles. The molecule has 134 valence electrons. The third-order valence-electron chi connectivity index (χ3n) is 5.00. The summed E-state index contributed by atoms with van der Waals surface area (Å²) < 4.78 is 23.0. The summed E-state index contributed by atoms with van der Waals surface area (Å²) >= 11 is 0. The molecule has 0 amide bonds. The van der Waals surface area contributed by atoms with Crippen LogP contribution in [0.25, 0.3) is 0 Å². The number of rotatable bonds is 6. The van der Waals surface area contributed by atoms with Crippen molar-refractivity contribution in [3.63, 3.8) is 0 Å². The first kappa shape index (κ1) is 17.8. The molecule has 4 heteroatoms. The summed E-state index contributed by atoms with van der Waals surface area (Å²) in [5.74, 6) is 2.16. The predicted octanol–water partition coefficient (Wildman–Crippen LogP) is 4.59. The molecule has 4 atom stereocenters. The van der Waals surface area contributed by atoms with Gasteiger partial charge in [-0.1, -0.05) is 50.2 Å². The summed E-state index contributed by atoms with van der Waals surface area (Å²) in [4.78, 5) is 0. The molecular weight excluding hydrogens is 316 g/mol. The lowest BCUT2D eigenvalue weighted by molar-refractivity contribution is -0.130. The van der Waals surface area contributed by atoms with Crippen LogP contribution in [0.2, 0.25) is 0 Å². The van der Waals surface area contributed by atoms with Gasteiger partial charge in [0, 0.05) is 13.0 Å². The molecule has 0 radical (unpaired) electrons. The number of hydrogen-bond donors (Lipinski definition) is 0. The Morgan fingerprint density at radius 2 is 1.68 bits per heavy atom. The van der Waals surface area contributed by atoms with Gasteiger partial charge >= 0.3 is 0 Å². The van der Waals surface area contributed by atoms with Gasteiger partial charge in [0.15, 0.2) is 17.8 Å². The molecular formula is C21H26O4. The molecule has 1 saturated heterocycles. The van der Waals surface area contributed by atoms with Gasteiger partial charge in [0.05, 0.1) is 13.2 Å². The first-order valence-electron chi connectivity index (χ1n) is 8.67. The standard InChI is InChI=1S/C21H26O4/c1-14-15(2)21(23-4)25-20(14)17-10-11-18(19(12-17)22-3)24-13-16-8-6-5-7-9-16/h5-12,14-15,20-21H,13H2,1-4H3/t14-,15+,20-,21-/m1/s1. The largest absolute Gasteiger partial charge is 0.493 e. The van der Waals surface area contributed by atoms with E-state index in [1.165, 1.54) is 0 Å². The third kappa shape index (κ3) is 3.80. The number of hydrogen-bond acceptors (Lipinski definition) is 4. The van der Waals surface area contributed by atoms with Crippen LogP contribution in [0.3, 0.4) is 0 Å². The highest BCUT2D eigenvalue weighted by Crippen LogP contribution is 2.44. The Balaban J connectivity index is 1.75. The molecule has 25 heavy (non-hydrogen) atoms. The molecule has 1 fully saturated rings. The van der Waals surface area contributed by atoms with E-state index in [4.69, 9.17) is 18.9 Å². The topological polar surface area (TPSA) is 36.9 Å². The lowest BCUT2D eigenvalue weighted by atomic mass is 9.89. The van der Waals surface area contributed by atoms with E-state index >= 15 is 0 Å². The van der Waals surface area contributed by atoms with E-state index in [2.05, 4.69) is 19.9 Å². The monoisotopic (exact) mass is 342 g/mol. The minimum absolute atomic E-state index is 0.00276. The Kier molecular flexibility index (Phi) is 5.61. The summed E-state index contributed by atoms with van der Waals surface area (Å²) in [5, 5.41) is 0. The van der Waals surface area contributed by atoms with Gasteiger partial charge in [-0.05, 0) is 29.2 Å². The summed E-state index contributed by atoms with van der Waals surface area (Å²) in [7, 11) is 3.35. The maximum Gasteiger partial charge on any atom is 0.161 e. The molecule has 0 bridgehead atoms. The van der Waals surface area contributed by atoms with E-state index < -0.39 is 0 Å². The van der Waals surface area contributed by atoms with Crippen molar-refractivity contribution < 1.29 is 18.9 Å². The van der Waals surface area contributed by atoms with E-state index in [0.717, 1.165) is 22.6 Å². The fourth-order valence-corrected chi connectivity index (χ4v) is 3.28. The second-order valence-electron chi connectivity index (χ2n) is 6.56. The highest BCUT2D eigenvalue weighted by atomic mass is 16.7. The van der Waals surface area contributed by atoms with Crippen molar-refractivity contribution in [3.05, 3.63) is 59.7 Å². The van der Waals surface area contributed by atoms with Crippen molar-refractivity contribution >= 4 is 0 Å². The van der Waals surface area contributed by atoms with Crippen molar-refractivity contribution in [2.24, 2.45) is 11.8 Å². The molecule has 0 unspecified atom stereocenters. The minimum Gasteiger partial charge on any atom is -0.493 e.